The molecule has 2 heteroatoms. The highest BCUT2D eigenvalue weighted by molar-refractivity contribution is 5.93. The van der Waals surface area contributed by atoms with Crippen LogP contribution in [0.15, 0.2) is 54.6 Å². The molecule has 21 heavy (non-hydrogen) atoms. The van der Waals surface area contributed by atoms with Gasteiger partial charge in [-0.1, -0.05) is 76.3 Å². The molecule has 0 atom stereocenters. The molecule has 0 saturated heterocycles. The Kier molecular flexibility index (Phi) is 7.24. The number of aryl methyl sites for hydroxylation is 1. The molecule has 2 nitrogen and oxygen atoms in total. The van der Waals surface area contributed by atoms with Gasteiger partial charge in [-0.05, 0) is 12.5 Å². The van der Waals surface area contributed by atoms with Crippen molar-refractivity contribution in [2.75, 3.05) is 0 Å². The quantitative estimate of drug-likeness (QED) is 0.673. The molecule has 1 aliphatic carbocycles. The second-order valence-electron chi connectivity index (χ2n) is 4.18. The number of benzene rings is 1. The Bertz CT molecular complexity index is 643. The molecule has 0 N–H and O–H groups in total. The van der Waals surface area contributed by atoms with E-state index < -0.39 is 0 Å². The second-order valence-corrected chi connectivity index (χ2v) is 4.18. The fraction of sp³-hybridized carbons (Fsp3) is 0.316. The van der Waals surface area contributed by atoms with E-state index in [0.717, 1.165) is 12.1 Å². The summed E-state index contributed by atoms with van der Waals surface area (Å²) in [4.78, 5) is 0. The Morgan fingerprint density at radius 1 is 1.00 bits per heavy atom. The topological polar surface area (TPSA) is 17.8 Å². The number of hydrogen-bond acceptors (Lipinski definition) is 1. The minimum Gasteiger partial charge on any atom is -0.267 e. The maximum Gasteiger partial charge on any atom is 0.100 e. The van der Waals surface area contributed by atoms with Crippen molar-refractivity contribution in [3.63, 3.8) is 0 Å². The van der Waals surface area contributed by atoms with Crippen LogP contribution in [0.2, 0.25) is 0 Å². The maximum atomic E-state index is 4.62. The standard InChI is InChI=1S/C15H14N2.2C2H6/c1-17-14-11-7-6-10-13(14)15(16-17)12-8-4-2-3-5-9-12;2*1-2/h2,4-11H,3H2,1H3;2*1-2H3. The van der Waals surface area contributed by atoms with Crippen molar-refractivity contribution in [3.05, 3.63) is 60.3 Å². The van der Waals surface area contributed by atoms with Gasteiger partial charge in [-0.3, -0.25) is 4.68 Å². The summed E-state index contributed by atoms with van der Waals surface area (Å²) >= 11 is 0. The van der Waals surface area contributed by atoms with E-state index >= 15 is 0 Å². The van der Waals surface area contributed by atoms with Crippen LogP contribution in [-0.4, -0.2) is 9.78 Å². The normalized spacial score (nSPS) is 12.7. The minimum atomic E-state index is 0.991. The van der Waals surface area contributed by atoms with Gasteiger partial charge in [0.2, 0.25) is 0 Å². The molecule has 112 valence electrons. The lowest BCUT2D eigenvalue weighted by atomic mass is 10.1. The van der Waals surface area contributed by atoms with Crippen molar-refractivity contribution < 1.29 is 0 Å². The summed E-state index contributed by atoms with van der Waals surface area (Å²) in [6, 6.07) is 8.33. The minimum absolute atomic E-state index is 0.991. The van der Waals surface area contributed by atoms with Crippen LogP contribution in [0.5, 0.6) is 0 Å². The summed E-state index contributed by atoms with van der Waals surface area (Å²) in [5.74, 6) is 0. The van der Waals surface area contributed by atoms with Gasteiger partial charge in [0, 0.05) is 18.0 Å². The van der Waals surface area contributed by atoms with E-state index in [1.807, 2.05) is 45.5 Å². The van der Waals surface area contributed by atoms with Crippen LogP contribution in [0.4, 0.5) is 0 Å². The number of nitrogens with zero attached hydrogens (tertiary/aromatic N) is 2. The molecule has 1 aromatic heterocycles. The fourth-order valence-corrected chi connectivity index (χ4v) is 2.16. The van der Waals surface area contributed by atoms with Crippen molar-refractivity contribution in [3.8, 4) is 0 Å². The van der Waals surface area contributed by atoms with E-state index in [4.69, 9.17) is 0 Å². The van der Waals surface area contributed by atoms with Crippen molar-refractivity contribution in [1.29, 1.82) is 0 Å². The molecule has 1 heterocycles. The predicted molar refractivity (Wildman–Crippen MR) is 94.3 cm³/mol. The number of allylic oxidation sites excluding steroid dienone is 6. The number of rotatable bonds is 1. The van der Waals surface area contributed by atoms with Gasteiger partial charge < -0.3 is 0 Å². The SMILES string of the molecule is CC.CC.Cn1nc(C2=CC=CCC=C2)c2ccccc21. The molecule has 0 spiro atoms. The molecule has 1 aromatic carbocycles. The van der Waals surface area contributed by atoms with Gasteiger partial charge in [-0.15, -0.1) is 0 Å². The van der Waals surface area contributed by atoms with Crippen molar-refractivity contribution in [2.45, 2.75) is 34.1 Å². The number of aromatic nitrogens is 2. The van der Waals surface area contributed by atoms with Crippen LogP contribution in [0.25, 0.3) is 16.5 Å². The average Bonchev–Trinajstić information content (AvgIpc) is 2.75. The van der Waals surface area contributed by atoms with Gasteiger partial charge in [-0.2, -0.15) is 5.10 Å². The van der Waals surface area contributed by atoms with Crippen molar-refractivity contribution >= 4 is 16.5 Å². The Morgan fingerprint density at radius 3 is 2.48 bits per heavy atom. The summed E-state index contributed by atoms with van der Waals surface area (Å²) in [5, 5.41) is 5.83. The third-order valence-electron chi connectivity index (χ3n) is 3.01. The second kappa shape index (κ2) is 8.96. The van der Waals surface area contributed by atoms with Crippen LogP contribution in [0.3, 0.4) is 0 Å². The van der Waals surface area contributed by atoms with Gasteiger partial charge in [0.05, 0.1) is 5.52 Å². The molecular weight excluding hydrogens is 256 g/mol. The first-order valence-electron chi connectivity index (χ1n) is 7.82. The smallest absolute Gasteiger partial charge is 0.100 e. The van der Waals surface area contributed by atoms with Gasteiger partial charge in [0.25, 0.3) is 0 Å². The molecule has 0 amide bonds. The largest absolute Gasteiger partial charge is 0.267 e. The number of hydrogen-bond donors (Lipinski definition) is 0. The summed E-state index contributed by atoms with van der Waals surface area (Å²) < 4.78 is 1.94. The highest BCUT2D eigenvalue weighted by atomic mass is 15.3. The number of fused-ring (bicyclic) bond motifs is 1. The highest BCUT2D eigenvalue weighted by Crippen LogP contribution is 2.25. The third-order valence-corrected chi connectivity index (χ3v) is 3.01. The fourth-order valence-electron chi connectivity index (χ4n) is 2.16. The van der Waals surface area contributed by atoms with Gasteiger partial charge in [0.15, 0.2) is 0 Å². The molecule has 0 saturated carbocycles. The lowest BCUT2D eigenvalue weighted by molar-refractivity contribution is 0.792. The predicted octanol–water partition coefficient (Wildman–Crippen LogP) is 5.53. The molecule has 3 rings (SSSR count). The molecular formula is C19H26N2. The van der Waals surface area contributed by atoms with Crippen LogP contribution in [-0.2, 0) is 7.05 Å². The third kappa shape index (κ3) is 3.94. The zero-order valence-corrected chi connectivity index (χ0v) is 13.8. The van der Waals surface area contributed by atoms with E-state index in [2.05, 4.69) is 53.7 Å². The van der Waals surface area contributed by atoms with Crippen LogP contribution in [0.1, 0.15) is 39.8 Å². The van der Waals surface area contributed by atoms with Crippen LogP contribution >= 0.6 is 0 Å². The van der Waals surface area contributed by atoms with Crippen LogP contribution < -0.4 is 0 Å². The lowest BCUT2D eigenvalue weighted by Crippen LogP contribution is -1.90. The van der Waals surface area contributed by atoms with Gasteiger partial charge >= 0.3 is 0 Å². The first-order valence-corrected chi connectivity index (χ1v) is 7.82. The van der Waals surface area contributed by atoms with E-state index in [0.29, 0.717) is 0 Å². The summed E-state index contributed by atoms with van der Waals surface area (Å²) in [6.07, 6.45) is 11.7. The highest BCUT2D eigenvalue weighted by Gasteiger charge is 2.10. The van der Waals surface area contributed by atoms with E-state index in [9.17, 15) is 0 Å². The molecule has 0 fully saturated rings. The summed E-state index contributed by atoms with van der Waals surface area (Å²) in [7, 11) is 1.99. The van der Waals surface area contributed by atoms with Gasteiger partial charge in [0.1, 0.15) is 5.69 Å². The van der Waals surface area contributed by atoms with Crippen LogP contribution in [0, 0.1) is 0 Å². The average molecular weight is 282 g/mol. The van der Waals surface area contributed by atoms with Crippen molar-refractivity contribution in [2.24, 2.45) is 7.05 Å². The summed E-state index contributed by atoms with van der Waals surface area (Å²) in [6.45, 7) is 8.00. The van der Waals surface area contributed by atoms with Crippen molar-refractivity contribution in [1.82, 2.24) is 9.78 Å². The zero-order chi connectivity index (χ0) is 15.7. The van der Waals surface area contributed by atoms with E-state index in [1.165, 1.54) is 16.5 Å². The zero-order valence-electron chi connectivity index (χ0n) is 13.8. The number of para-hydroxylation sites is 1. The lowest BCUT2D eigenvalue weighted by Gasteiger charge is -1.96. The Balaban J connectivity index is 0.000000510. The molecule has 0 bridgehead atoms. The molecule has 2 aromatic rings. The van der Waals surface area contributed by atoms with E-state index in [-0.39, 0.29) is 0 Å². The Labute approximate surface area is 128 Å². The monoisotopic (exact) mass is 282 g/mol. The Hall–Kier alpha value is -2.09. The molecule has 0 aliphatic heterocycles. The maximum absolute atomic E-state index is 4.62. The van der Waals surface area contributed by atoms with E-state index in [1.54, 1.807) is 0 Å². The molecule has 0 radical (unpaired) electrons. The Morgan fingerprint density at radius 2 is 1.71 bits per heavy atom. The first-order chi connectivity index (χ1) is 10.4. The molecule has 1 aliphatic rings. The summed E-state index contributed by atoms with van der Waals surface area (Å²) in [5.41, 5.74) is 3.41. The molecule has 0 unspecified atom stereocenters. The van der Waals surface area contributed by atoms with Gasteiger partial charge in [-0.25, -0.2) is 0 Å². The first kappa shape index (κ1) is 17.0.